The third-order valence-corrected chi connectivity index (χ3v) is 1.76. The molecular weight excluding hydrogens is 147 g/mol. The van der Waals surface area contributed by atoms with Gasteiger partial charge in [-0.25, -0.2) is 4.39 Å². The molecule has 0 aliphatic carbocycles. The first-order valence-corrected chi connectivity index (χ1v) is 3.38. The van der Waals surface area contributed by atoms with Crippen LogP contribution in [0.25, 0.3) is 0 Å². The highest BCUT2D eigenvalue weighted by atomic mass is 19.1. The normalized spacial score (nSPS) is 22.6. The van der Waals surface area contributed by atoms with Gasteiger partial charge in [-0.05, 0) is 6.07 Å². The number of hydrogen-bond acceptors (Lipinski definition) is 2. The number of anilines is 1. The SMILES string of the molecule is O=C1c2cc[nH]c2NCC1F. The predicted molar refractivity (Wildman–Crippen MR) is 38.5 cm³/mol. The van der Waals surface area contributed by atoms with Crippen molar-refractivity contribution in [3.8, 4) is 0 Å². The van der Waals surface area contributed by atoms with Crippen molar-refractivity contribution in [2.75, 3.05) is 11.9 Å². The zero-order valence-corrected chi connectivity index (χ0v) is 5.73. The summed E-state index contributed by atoms with van der Waals surface area (Å²) in [5, 5.41) is 2.77. The van der Waals surface area contributed by atoms with Gasteiger partial charge in [0.05, 0.1) is 12.1 Å². The van der Waals surface area contributed by atoms with E-state index in [4.69, 9.17) is 0 Å². The first-order valence-electron chi connectivity index (χ1n) is 3.38. The summed E-state index contributed by atoms with van der Waals surface area (Å²) in [4.78, 5) is 13.9. The lowest BCUT2D eigenvalue weighted by atomic mass is 10.1. The van der Waals surface area contributed by atoms with Crippen molar-refractivity contribution < 1.29 is 9.18 Å². The average molecular weight is 154 g/mol. The number of H-pyrrole nitrogens is 1. The number of Topliss-reactive ketones (excluding diaryl/α,β-unsaturated/α-hetero) is 1. The summed E-state index contributed by atoms with van der Waals surface area (Å²) < 4.78 is 12.7. The van der Waals surface area contributed by atoms with Crippen molar-refractivity contribution in [2.24, 2.45) is 0 Å². The Kier molecular flexibility index (Phi) is 1.21. The van der Waals surface area contributed by atoms with Gasteiger partial charge in [-0.15, -0.1) is 0 Å². The van der Waals surface area contributed by atoms with Crippen LogP contribution in [0.3, 0.4) is 0 Å². The lowest BCUT2D eigenvalue weighted by molar-refractivity contribution is 0.0882. The number of aromatic amines is 1. The lowest BCUT2D eigenvalue weighted by Crippen LogP contribution is -2.30. The van der Waals surface area contributed by atoms with Crippen molar-refractivity contribution in [1.82, 2.24) is 4.98 Å². The molecule has 0 bridgehead atoms. The van der Waals surface area contributed by atoms with E-state index in [1.54, 1.807) is 12.3 Å². The van der Waals surface area contributed by atoms with Gasteiger partial charge in [0, 0.05) is 6.20 Å². The van der Waals surface area contributed by atoms with Gasteiger partial charge in [-0.3, -0.25) is 4.79 Å². The number of ketones is 1. The molecule has 0 spiro atoms. The summed E-state index contributed by atoms with van der Waals surface area (Å²) in [6.45, 7) is 0.0757. The third-order valence-electron chi connectivity index (χ3n) is 1.76. The molecule has 3 nitrogen and oxygen atoms in total. The molecule has 1 aromatic rings. The summed E-state index contributed by atoms with van der Waals surface area (Å²) in [6, 6.07) is 1.58. The monoisotopic (exact) mass is 154 g/mol. The number of rotatable bonds is 0. The van der Waals surface area contributed by atoms with Gasteiger partial charge in [0.25, 0.3) is 0 Å². The molecule has 1 aromatic heterocycles. The molecule has 58 valence electrons. The van der Waals surface area contributed by atoms with Crippen LogP contribution in [0.4, 0.5) is 10.2 Å². The summed E-state index contributed by atoms with van der Waals surface area (Å²) >= 11 is 0. The van der Waals surface area contributed by atoms with Crippen LogP contribution in [0.15, 0.2) is 12.3 Å². The third kappa shape index (κ3) is 0.824. The van der Waals surface area contributed by atoms with Gasteiger partial charge in [0.2, 0.25) is 5.78 Å². The van der Waals surface area contributed by atoms with E-state index < -0.39 is 12.0 Å². The van der Waals surface area contributed by atoms with Crippen molar-refractivity contribution in [3.63, 3.8) is 0 Å². The Bertz CT molecular complexity index is 294. The Hall–Kier alpha value is -1.32. The molecule has 4 heteroatoms. The summed E-state index contributed by atoms with van der Waals surface area (Å²) in [6.07, 6.45) is 0.228. The highest BCUT2D eigenvalue weighted by Gasteiger charge is 2.27. The van der Waals surface area contributed by atoms with Gasteiger partial charge < -0.3 is 10.3 Å². The number of aromatic nitrogens is 1. The van der Waals surface area contributed by atoms with Crippen LogP contribution in [0.1, 0.15) is 10.4 Å². The molecule has 0 saturated carbocycles. The molecule has 1 atom stereocenters. The van der Waals surface area contributed by atoms with Gasteiger partial charge in [-0.2, -0.15) is 0 Å². The first-order chi connectivity index (χ1) is 5.29. The number of halogens is 1. The second kappa shape index (κ2) is 2.08. The summed E-state index contributed by atoms with van der Waals surface area (Å²) in [7, 11) is 0. The Morgan fingerprint density at radius 1 is 1.64 bits per heavy atom. The Morgan fingerprint density at radius 2 is 2.45 bits per heavy atom. The fourth-order valence-electron chi connectivity index (χ4n) is 1.17. The highest BCUT2D eigenvalue weighted by Crippen LogP contribution is 2.20. The van der Waals surface area contributed by atoms with Crippen LogP contribution < -0.4 is 5.32 Å². The van der Waals surface area contributed by atoms with Crippen LogP contribution in [0, 0.1) is 0 Å². The van der Waals surface area contributed by atoms with E-state index in [1.807, 2.05) is 0 Å². The molecule has 1 aliphatic rings. The average Bonchev–Trinajstić information content (AvgIpc) is 2.45. The van der Waals surface area contributed by atoms with Crippen LogP contribution in [0.5, 0.6) is 0 Å². The number of nitrogens with one attached hydrogen (secondary N) is 2. The van der Waals surface area contributed by atoms with E-state index in [0.29, 0.717) is 11.4 Å². The van der Waals surface area contributed by atoms with Gasteiger partial charge in [-0.1, -0.05) is 0 Å². The van der Waals surface area contributed by atoms with Crippen LogP contribution >= 0.6 is 0 Å². The van der Waals surface area contributed by atoms with Crippen molar-refractivity contribution in [3.05, 3.63) is 17.8 Å². The maximum Gasteiger partial charge on any atom is 0.202 e. The first kappa shape index (κ1) is 6.39. The largest absolute Gasteiger partial charge is 0.368 e. The highest BCUT2D eigenvalue weighted by molar-refractivity contribution is 6.05. The molecule has 0 saturated heterocycles. The molecule has 0 fully saturated rings. The maximum atomic E-state index is 12.7. The fraction of sp³-hybridized carbons (Fsp3) is 0.286. The van der Waals surface area contributed by atoms with Crippen molar-refractivity contribution in [2.45, 2.75) is 6.17 Å². The number of fused-ring (bicyclic) bond motifs is 1. The molecule has 2 N–H and O–H groups in total. The number of carbonyl (C=O) groups is 1. The van der Waals surface area contributed by atoms with Crippen LogP contribution in [0.2, 0.25) is 0 Å². The Morgan fingerprint density at radius 3 is 3.27 bits per heavy atom. The Balaban J connectivity index is 2.46. The van der Waals surface area contributed by atoms with E-state index >= 15 is 0 Å². The quantitative estimate of drug-likeness (QED) is 0.584. The van der Waals surface area contributed by atoms with E-state index in [-0.39, 0.29) is 6.54 Å². The van der Waals surface area contributed by atoms with Gasteiger partial charge >= 0.3 is 0 Å². The standard InChI is InChI=1S/C7H7FN2O/c8-5-3-10-7-4(6(5)11)1-2-9-7/h1-2,5,9-10H,3H2. The van der Waals surface area contributed by atoms with E-state index in [2.05, 4.69) is 10.3 Å². The van der Waals surface area contributed by atoms with Crippen molar-refractivity contribution >= 4 is 11.6 Å². The van der Waals surface area contributed by atoms with Gasteiger partial charge in [0.1, 0.15) is 5.82 Å². The van der Waals surface area contributed by atoms with E-state index in [1.165, 1.54) is 0 Å². The molecule has 11 heavy (non-hydrogen) atoms. The van der Waals surface area contributed by atoms with E-state index in [0.717, 1.165) is 0 Å². The zero-order valence-electron chi connectivity index (χ0n) is 5.73. The molecule has 1 aliphatic heterocycles. The molecular formula is C7H7FN2O. The molecule has 0 aromatic carbocycles. The summed E-state index contributed by atoms with van der Waals surface area (Å²) in [5.41, 5.74) is 0.420. The molecule has 0 radical (unpaired) electrons. The van der Waals surface area contributed by atoms with Crippen molar-refractivity contribution in [1.29, 1.82) is 0 Å². The minimum Gasteiger partial charge on any atom is -0.368 e. The molecule has 1 unspecified atom stereocenters. The number of carbonyl (C=O) groups excluding carboxylic acids is 1. The van der Waals surface area contributed by atoms with E-state index in [9.17, 15) is 9.18 Å². The van der Waals surface area contributed by atoms with Crippen LogP contribution in [-0.4, -0.2) is 23.5 Å². The smallest absolute Gasteiger partial charge is 0.202 e. The second-order valence-corrected chi connectivity index (χ2v) is 2.48. The maximum absolute atomic E-state index is 12.7. The summed E-state index contributed by atoms with van der Waals surface area (Å²) in [5.74, 6) is 0.198. The second-order valence-electron chi connectivity index (χ2n) is 2.48. The molecule has 2 rings (SSSR count). The van der Waals surface area contributed by atoms with Crippen LogP contribution in [-0.2, 0) is 0 Å². The minimum absolute atomic E-state index is 0.0757. The molecule has 2 heterocycles. The minimum atomic E-state index is -1.39. The Labute approximate surface area is 62.6 Å². The zero-order chi connectivity index (χ0) is 7.84. The fourth-order valence-corrected chi connectivity index (χ4v) is 1.17. The topological polar surface area (TPSA) is 44.9 Å². The molecule has 0 amide bonds. The lowest BCUT2D eigenvalue weighted by Gasteiger charge is -2.15. The van der Waals surface area contributed by atoms with Gasteiger partial charge in [0.15, 0.2) is 6.17 Å². The predicted octanol–water partition coefficient (Wildman–Crippen LogP) is 0.961. The number of alkyl halides is 1. The number of hydrogen-bond donors (Lipinski definition) is 2.